The molecule has 0 aromatic heterocycles. The zero-order valence-electron chi connectivity index (χ0n) is 20.8. The number of rotatable bonds is 21. The van der Waals surface area contributed by atoms with Crippen LogP contribution in [0.15, 0.2) is 24.3 Å². The monoisotopic (exact) mass is 462 g/mol. The van der Waals surface area contributed by atoms with Crippen molar-refractivity contribution in [3.05, 3.63) is 39.9 Å². The number of benzene rings is 1. The summed E-state index contributed by atoms with van der Waals surface area (Å²) < 4.78 is 5.41. The molecular weight excluding hydrogens is 416 g/mol. The maximum absolute atomic E-state index is 12.1. The molecule has 0 radical (unpaired) electrons. The van der Waals surface area contributed by atoms with Gasteiger partial charge < -0.3 is 10.5 Å². The van der Waals surface area contributed by atoms with Crippen LogP contribution in [0.2, 0.25) is 0 Å². The quantitative estimate of drug-likeness (QED) is 0.0870. The van der Waals surface area contributed by atoms with Gasteiger partial charge in [0.25, 0.3) is 5.69 Å². The summed E-state index contributed by atoms with van der Waals surface area (Å²) in [6, 6.07) is 6.42. The number of hydrogen-bond acceptors (Lipinski definition) is 5. The molecule has 1 unspecified atom stereocenters. The summed E-state index contributed by atoms with van der Waals surface area (Å²) in [6.45, 7) is 2.52. The van der Waals surface area contributed by atoms with Crippen LogP contribution in [-0.4, -0.2) is 17.4 Å². The third-order valence-electron chi connectivity index (χ3n) is 6.21. The molecule has 0 aliphatic rings. The van der Waals surface area contributed by atoms with E-state index in [9.17, 15) is 14.9 Å². The molecule has 0 amide bonds. The maximum Gasteiger partial charge on any atom is 0.306 e. The van der Waals surface area contributed by atoms with E-state index in [2.05, 4.69) is 0 Å². The lowest BCUT2D eigenvalue weighted by atomic mass is 10.0. The Bertz CT molecular complexity index is 651. The first-order chi connectivity index (χ1) is 16.1. The van der Waals surface area contributed by atoms with Crippen LogP contribution in [0.4, 0.5) is 5.69 Å². The zero-order valence-corrected chi connectivity index (χ0v) is 20.8. The largest absolute Gasteiger partial charge is 0.458 e. The third-order valence-corrected chi connectivity index (χ3v) is 6.21. The average molecular weight is 463 g/mol. The number of hydrogen-bond donors (Lipinski definition) is 1. The fourth-order valence-electron chi connectivity index (χ4n) is 4.21. The topological polar surface area (TPSA) is 95.5 Å². The van der Waals surface area contributed by atoms with E-state index in [0.29, 0.717) is 12.0 Å². The van der Waals surface area contributed by atoms with E-state index in [0.717, 1.165) is 25.8 Å². The molecule has 33 heavy (non-hydrogen) atoms. The lowest BCUT2D eigenvalue weighted by Gasteiger charge is -2.13. The highest BCUT2D eigenvalue weighted by molar-refractivity contribution is 5.69. The number of nitro benzene ring substituents is 1. The van der Waals surface area contributed by atoms with Gasteiger partial charge in [-0.3, -0.25) is 14.9 Å². The van der Waals surface area contributed by atoms with Gasteiger partial charge >= 0.3 is 5.97 Å². The van der Waals surface area contributed by atoms with E-state index in [4.69, 9.17) is 10.5 Å². The fourth-order valence-corrected chi connectivity index (χ4v) is 4.21. The van der Waals surface area contributed by atoms with Crippen molar-refractivity contribution in [3.63, 3.8) is 0 Å². The second kappa shape index (κ2) is 19.5. The van der Waals surface area contributed by atoms with E-state index in [1.165, 1.54) is 89.5 Å². The molecule has 6 heteroatoms. The Morgan fingerprint density at radius 2 is 1.24 bits per heavy atom. The molecule has 0 spiro atoms. The van der Waals surface area contributed by atoms with Crippen LogP contribution in [0, 0.1) is 10.1 Å². The molecule has 0 aliphatic heterocycles. The zero-order chi connectivity index (χ0) is 24.2. The summed E-state index contributed by atoms with van der Waals surface area (Å²) >= 11 is 0. The maximum atomic E-state index is 12.1. The molecular formula is C27H46N2O4. The van der Waals surface area contributed by atoms with Crippen molar-refractivity contribution >= 4 is 11.7 Å². The van der Waals surface area contributed by atoms with Gasteiger partial charge in [-0.05, 0) is 32.4 Å². The summed E-state index contributed by atoms with van der Waals surface area (Å²) in [6.07, 6.45) is 20.0. The summed E-state index contributed by atoms with van der Waals surface area (Å²) in [4.78, 5) is 22.8. The number of esters is 1. The highest BCUT2D eigenvalue weighted by atomic mass is 16.6. The van der Waals surface area contributed by atoms with Gasteiger partial charge in [0.1, 0.15) is 6.10 Å². The van der Waals surface area contributed by atoms with E-state index in [-0.39, 0.29) is 11.7 Å². The van der Waals surface area contributed by atoms with E-state index in [1.807, 2.05) is 0 Å². The highest BCUT2D eigenvalue weighted by Gasteiger charge is 2.20. The number of para-hydroxylation sites is 1. The molecule has 0 heterocycles. The van der Waals surface area contributed by atoms with Crippen LogP contribution >= 0.6 is 0 Å². The van der Waals surface area contributed by atoms with Gasteiger partial charge in [0.2, 0.25) is 0 Å². The first-order valence-corrected chi connectivity index (χ1v) is 13.2. The Labute approximate surface area is 200 Å². The number of nitrogens with zero attached hydrogens (tertiary/aromatic N) is 1. The van der Waals surface area contributed by atoms with Crippen molar-refractivity contribution in [2.75, 3.05) is 6.54 Å². The predicted molar refractivity (Wildman–Crippen MR) is 135 cm³/mol. The first-order valence-electron chi connectivity index (χ1n) is 13.2. The van der Waals surface area contributed by atoms with Crippen molar-refractivity contribution in [3.8, 4) is 0 Å². The standard InChI is InChI=1S/C27H46N2O4/c1-24(25-20-17-18-21-26(25)29(31)32)33-27(30)22-16-14-12-10-8-6-4-2-3-5-7-9-11-13-15-19-23-28/h17-18,20-21,24H,2-16,19,22-23,28H2,1H3. The Balaban J connectivity index is 1.93. The summed E-state index contributed by atoms with van der Waals surface area (Å²) in [5.41, 5.74) is 5.94. The average Bonchev–Trinajstić information content (AvgIpc) is 2.81. The molecule has 1 aromatic carbocycles. The summed E-state index contributed by atoms with van der Waals surface area (Å²) in [7, 11) is 0. The fraction of sp³-hybridized carbons (Fsp3) is 0.741. The van der Waals surface area contributed by atoms with Gasteiger partial charge in [0, 0.05) is 12.5 Å². The van der Waals surface area contributed by atoms with Crippen molar-refractivity contribution in [1.29, 1.82) is 0 Å². The number of unbranched alkanes of at least 4 members (excludes halogenated alkanes) is 15. The lowest BCUT2D eigenvalue weighted by molar-refractivity contribution is -0.386. The molecule has 0 bridgehead atoms. The molecule has 188 valence electrons. The van der Waals surface area contributed by atoms with Crippen molar-refractivity contribution < 1.29 is 14.5 Å². The molecule has 0 saturated carbocycles. The van der Waals surface area contributed by atoms with E-state index >= 15 is 0 Å². The molecule has 6 nitrogen and oxygen atoms in total. The molecule has 0 aliphatic carbocycles. The van der Waals surface area contributed by atoms with Crippen LogP contribution in [0.1, 0.15) is 128 Å². The van der Waals surface area contributed by atoms with Gasteiger partial charge in [-0.25, -0.2) is 0 Å². The SMILES string of the molecule is CC(OC(=O)CCCCCCCCCCCCCCCCCCN)c1ccccc1[N+](=O)[O-]. The minimum absolute atomic E-state index is 0.00754. The van der Waals surface area contributed by atoms with Crippen LogP contribution in [0.3, 0.4) is 0 Å². The van der Waals surface area contributed by atoms with Gasteiger partial charge in [-0.1, -0.05) is 102 Å². The molecule has 0 fully saturated rings. The summed E-state index contributed by atoms with van der Waals surface area (Å²) in [5.74, 6) is -0.281. The van der Waals surface area contributed by atoms with Crippen molar-refractivity contribution in [1.82, 2.24) is 0 Å². The van der Waals surface area contributed by atoms with Crippen LogP contribution in [0.25, 0.3) is 0 Å². The normalized spacial score (nSPS) is 11.9. The second-order valence-electron chi connectivity index (χ2n) is 9.14. The smallest absolute Gasteiger partial charge is 0.306 e. The molecule has 2 N–H and O–H groups in total. The molecule has 1 atom stereocenters. The van der Waals surface area contributed by atoms with Gasteiger partial charge in [0.05, 0.1) is 10.5 Å². The summed E-state index contributed by atoms with van der Waals surface area (Å²) in [5, 5.41) is 11.1. The number of carbonyl (C=O) groups excluding carboxylic acids is 1. The molecule has 1 aromatic rings. The number of ether oxygens (including phenoxy) is 1. The predicted octanol–water partition coefficient (Wildman–Crippen LogP) is 7.79. The Morgan fingerprint density at radius 1 is 0.818 bits per heavy atom. The highest BCUT2D eigenvalue weighted by Crippen LogP contribution is 2.27. The number of nitro groups is 1. The molecule has 1 rings (SSSR count). The van der Waals surface area contributed by atoms with Crippen LogP contribution < -0.4 is 5.73 Å². The van der Waals surface area contributed by atoms with Gasteiger partial charge in [-0.15, -0.1) is 0 Å². The number of carbonyl (C=O) groups is 1. The van der Waals surface area contributed by atoms with Crippen molar-refractivity contribution in [2.45, 2.75) is 122 Å². The Hall–Kier alpha value is -1.95. The van der Waals surface area contributed by atoms with Gasteiger partial charge in [0.15, 0.2) is 0 Å². The Morgan fingerprint density at radius 3 is 1.70 bits per heavy atom. The van der Waals surface area contributed by atoms with Crippen LogP contribution in [0.5, 0.6) is 0 Å². The first kappa shape index (κ1) is 29.1. The Kier molecular flexibility index (Phi) is 17.2. The lowest BCUT2D eigenvalue weighted by Crippen LogP contribution is -2.10. The minimum atomic E-state index is -0.611. The minimum Gasteiger partial charge on any atom is -0.458 e. The van der Waals surface area contributed by atoms with Crippen molar-refractivity contribution in [2.24, 2.45) is 5.73 Å². The third kappa shape index (κ3) is 14.7. The van der Waals surface area contributed by atoms with Gasteiger partial charge in [-0.2, -0.15) is 0 Å². The number of nitrogens with two attached hydrogens (primary N) is 1. The molecule has 0 saturated heterocycles. The van der Waals surface area contributed by atoms with E-state index in [1.54, 1.807) is 25.1 Å². The van der Waals surface area contributed by atoms with Crippen LogP contribution in [-0.2, 0) is 9.53 Å². The van der Waals surface area contributed by atoms with E-state index < -0.39 is 11.0 Å². The second-order valence-corrected chi connectivity index (χ2v) is 9.14.